The number of amides is 1. The SMILES string of the molecule is CCOC(=O)C1(CCCc2ccccc2)CCN(C(=O)C2CCCN(C(C)C)C2)CC1. The minimum absolute atomic E-state index is 0.0705. The minimum atomic E-state index is -0.446. The van der Waals surface area contributed by atoms with Crippen LogP contribution in [0.2, 0.25) is 0 Å². The second kappa shape index (κ2) is 11.1. The summed E-state index contributed by atoms with van der Waals surface area (Å²) in [5, 5.41) is 0. The molecule has 1 amide bonds. The fourth-order valence-corrected chi connectivity index (χ4v) is 5.21. The molecule has 0 spiro atoms. The van der Waals surface area contributed by atoms with Crippen LogP contribution in [-0.2, 0) is 20.7 Å². The van der Waals surface area contributed by atoms with E-state index >= 15 is 0 Å². The molecule has 3 rings (SSSR count). The smallest absolute Gasteiger partial charge is 0.312 e. The number of benzene rings is 1. The van der Waals surface area contributed by atoms with E-state index in [4.69, 9.17) is 4.74 Å². The van der Waals surface area contributed by atoms with Gasteiger partial charge in [-0.3, -0.25) is 9.59 Å². The molecule has 2 aliphatic rings. The van der Waals surface area contributed by atoms with Gasteiger partial charge in [-0.2, -0.15) is 0 Å². The summed E-state index contributed by atoms with van der Waals surface area (Å²) in [4.78, 5) is 30.6. The number of esters is 1. The second-order valence-corrected chi connectivity index (χ2v) is 9.59. The van der Waals surface area contributed by atoms with Gasteiger partial charge >= 0.3 is 5.97 Å². The van der Waals surface area contributed by atoms with E-state index in [1.54, 1.807) is 0 Å². The highest BCUT2D eigenvalue weighted by Crippen LogP contribution is 2.39. The monoisotopic (exact) mass is 428 g/mol. The van der Waals surface area contributed by atoms with E-state index < -0.39 is 5.41 Å². The van der Waals surface area contributed by atoms with Crippen LogP contribution in [0, 0.1) is 11.3 Å². The van der Waals surface area contributed by atoms with Gasteiger partial charge < -0.3 is 14.5 Å². The first-order valence-corrected chi connectivity index (χ1v) is 12.2. The molecule has 2 aliphatic heterocycles. The van der Waals surface area contributed by atoms with Gasteiger partial charge in [-0.15, -0.1) is 0 Å². The Balaban J connectivity index is 1.58. The molecule has 2 heterocycles. The molecule has 1 aromatic carbocycles. The van der Waals surface area contributed by atoms with Crippen molar-refractivity contribution in [3.63, 3.8) is 0 Å². The van der Waals surface area contributed by atoms with Gasteiger partial charge in [0, 0.05) is 25.7 Å². The summed E-state index contributed by atoms with van der Waals surface area (Å²) in [5.74, 6) is 0.315. The number of nitrogens with zero attached hydrogens (tertiary/aromatic N) is 2. The maximum absolute atomic E-state index is 13.2. The third-order valence-electron chi connectivity index (χ3n) is 7.24. The Morgan fingerprint density at radius 3 is 2.48 bits per heavy atom. The van der Waals surface area contributed by atoms with Gasteiger partial charge in [0.25, 0.3) is 0 Å². The van der Waals surface area contributed by atoms with Crippen molar-refractivity contribution in [3.8, 4) is 0 Å². The topological polar surface area (TPSA) is 49.9 Å². The summed E-state index contributed by atoms with van der Waals surface area (Å²) in [6.07, 6.45) is 6.26. The van der Waals surface area contributed by atoms with E-state index in [9.17, 15) is 9.59 Å². The largest absolute Gasteiger partial charge is 0.466 e. The fraction of sp³-hybridized carbons (Fsp3) is 0.692. The van der Waals surface area contributed by atoms with Gasteiger partial charge in [0.2, 0.25) is 5.91 Å². The van der Waals surface area contributed by atoms with Crippen molar-refractivity contribution in [3.05, 3.63) is 35.9 Å². The molecular weight excluding hydrogens is 388 g/mol. The molecule has 5 nitrogen and oxygen atoms in total. The quantitative estimate of drug-likeness (QED) is 0.579. The van der Waals surface area contributed by atoms with Crippen molar-refractivity contribution in [2.24, 2.45) is 11.3 Å². The molecule has 2 fully saturated rings. The third-order valence-corrected chi connectivity index (χ3v) is 7.24. The first-order chi connectivity index (χ1) is 14.9. The summed E-state index contributed by atoms with van der Waals surface area (Å²) in [5.41, 5.74) is 0.860. The van der Waals surface area contributed by atoms with E-state index in [2.05, 4.69) is 43.0 Å². The van der Waals surface area contributed by atoms with Gasteiger partial charge in [-0.1, -0.05) is 30.3 Å². The highest BCUT2D eigenvalue weighted by Gasteiger charge is 2.44. The number of carbonyl (C=O) groups is 2. The number of likely N-dealkylation sites (tertiary alicyclic amines) is 2. The summed E-state index contributed by atoms with van der Waals surface area (Å²) in [6.45, 7) is 9.99. The Hall–Kier alpha value is -1.88. The lowest BCUT2D eigenvalue weighted by atomic mass is 9.74. The highest BCUT2D eigenvalue weighted by molar-refractivity contribution is 5.81. The second-order valence-electron chi connectivity index (χ2n) is 9.59. The predicted molar refractivity (Wildman–Crippen MR) is 124 cm³/mol. The maximum atomic E-state index is 13.2. The average Bonchev–Trinajstić information content (AvgIpc) is 2.80. The Morgan fingerprint density at radius 1 is 1.13 bits per heavy atom. The average molecular weight is 429 g/mol. The zero-order valence-electron chi connectivity index (χ0n) is 19.6. The first-order valence-electron chi connectivity index (χ1n) is 12.2. The molecular formula is C26H40N2O3. The number of rotatable bonds is 8. The molecule has 0 radical (unpaired) electrons. The van der Waals surface area contributed by atoms with E-state index in [1.807, 2.05) is 17.9 Å². The van der Waals surface area contributed by atoms with Gasteiger partial charge in [0.1, 0.15) is 0 Å². The Labute approximate surface area is 188 Å². The van der Waals surface area contributed by atoms with Crippen molar-refractivity contribution in [1.29, 1.82) is 0 Å². The van der Waals surface area contributed by atoms with E-state index in [0.717, 1.165) is 45.2 Å². The normalized spacial score (nSPS) is 21.8. The number of piperidine rings is 2. The third kappa shape index (κ3) is 6.09. The lowest BCUT2D eigenvalue weighted by Gasteiger charge is -2.42. The van der Waals surface area contributed by atoms with Crippen LogP contribution in [0.1, 0.15) is 64.9 Å². The fourth-order valence-electron chi connectivity index (χ4n) is 5.21. The molecule has 0 N–H and O–H groups in total. The highest BCUT2D eigenvalue weighted by atomic mass is 16.5. The summed E-state index contributed by atoms with van der Waals surface area (Å²) >= 11 is 0. The first kappa shape index (κ1) is 23.8. The van der Waals surface area contributed by atoms with Gasteiger partial charge in [0.05, 0.1) is 17.9 Å². The van der Waals surface area contributed by atoms with Crippen LogP contribution in [-0.4, -0.2) is 60.5 Å². The molecule has 0 saturated carbocycles. The van der Waals surface area contributed by atoms with E-state index in [1.165, 1.54) is 5.56 Å². The maximum Gasteiger partial charge on any atom is 0.312 e. The predicted octanol–water partition coefficient (Wildman–Crippen LogP) is 4.30. The van der Waals surface area contributed by atoms with Crippen LogP contribution in [0.3, 0.4) is 0 Å². The van der Waals surface area contributed by atoms with Crippen LogP contribution < -0.4 is 0 Å². The standard InChI is InChI=1S/C26H40N2O3/c1-4-31-25(30)26(14-8-12-22-10-6-5-7-11-22)15-18-27(19-16-26)24(29)23-13-9-17-28(20-23)21(2)3/h5-7,10-11,21,23H,4,8-9,12-20H2,1-3H3. The number of carbonyl (C=O) groups excluding carboxylic acids is 2. The number of hydrogen-bond donors (Lipinski definition) is 0. The van der Waals surface area contributed by atoms with Crippen molar-refractivity contribution in [1.82, 2.24) is 9.80 Å². The van der Waals surface area contributed by atoms with Crippen molar-refractivity contribution in [2.45, 2.75) is 71.8 Å². The Kier molecular flexibility index (Phi) is 8.53. The molecule has 5 heteroatoms. The van der Waals surface area contributed by atoms with Gasteiger partial charge in [0.15, 0.2) is 0 Å². The van der Waals surface area contributed by atoms with Crippen LogP contribution >= 0.6 is 0 Å². The number of aryl methyl sites for hydroxylation is 1. The number of ether oxygens (including phenoxy) is 1. The Bertz CT molecular complexity index is 711. The Morgan fingerprint density at radius 2 is 1.84 bits per heavy atom. The molecule has 2 saturated heterocycles. The van der Waals surface area contributed by atoms with Crippen molar-refractivity contribution >= 4 is 11.9 Å². The molecule has 0 aliphatic carbocycles. The zero-order chi connectivity index (χ0) is 22.3. The minimum Gasteiger partial charge on any atom is -0.466 e. The molecule has 31 heavy (non-hydrogen) atoms. The number of hydrogen-bond acceptors (Lipinski definition) is 4. The summed E-state index contributed by atoms with van der Waals surface area (Å²) in [6, 6.07) is 10.9. The molecule has 0 bridgehead atoms. The molecule has 1 atom stereocenters. The van der Waals surface area contributed by atoms with E-state index in [0.29, 0.717) is 38.6 Å². The van der Waals surface area contributed by atoms with Crippen LogP contribution in [0.25, 0.3) is 0 Å². The van der Waals surface area contributed by atoms with Crippen LogP contribution in [0.5, 0.6) is 0 Å². The molecule has 1 unspecified atom stereocenters. The van der Waals surface area contributed by atoms with Crippen molar-refractivity contribution in [2.75, 3.05) is 32.8 Å². The van der Waals surface area contributed by atoms with Crippen LogP contribution in [0.4, 0.5) is 0 Å². The van der Waals surface area contributed by atoms with Gasteiger partial charge in [-0.25, -0.2) is 0 Å². The zero-order valence-corrected chi connectivity index (χ0v) is 19.6. The summed E-state index contributed by atoms with van der Waals surface area (Å²) in [7, 11) is 0. The lowest BCUT2D eigenvalue weighted by molar-refractivity contribution is -0.161. The van der Waals surface area contributed by atoms with E-state index in [-0.39, 0.29) is 17.8 Å². The van der Waals surface area contributed by atoms with Crippen molar-refractivity contribution < 1.29 is 14.3 Å². The molecule has 0 aromatic heterocycles. The van der Waals surface area contributed by atoms with Crippen LogP contribution in [0.15, 0.2) is 30.3 Å². The molecule has 1 aromatic rings. The molecule has 172 valence electrons. The summed E-state index contributed by atoms with van der Waals surface area (Å²) < 4.78 is 5.49. The van der Waals surface area contributed by atoms with Gasteiger partial charge in [-0.05, 0) is 77.8 Å². The lowest BCUT2D eigenvalue weighted by Crippen LogP contribution is -2.51.